The number of hydrogen-bond donors (Lipinski definition) is 0. The number of aryl methyl sites for hydroxylation is 3. The molecular weight excluding hydrogens is 332 g/mol. The van der Waals surface area contributed by atoms with Gasteiger partial charge >= 0.3 is 0 Å². The summed E-state index contributed by atoms with van der Waals surface area (Å²) in [5.41, 5.74) is 4.15. The van der Waals surface area contributed by atoms with Crippen LogP contribution in [0.1, 0.15) is 16.7 Å². The van der Waals surface area contributed by atoms with E-state index in [1.807, 2.05) is 63.2 Å². The van der Waals surface area contributed by atoms with Crippen LogP contribution in [0.5, 0.6) is 5.75 Å². The van der Waals surface area contributed by atoms with Crippen molar-refractivity contribution in [2.75, 3.05) is 18.9 Å². The molecule has 0 aliphatic carbocycles. The van der Waals surface area contributed by atoms with Gasteiger partial charge in [-0.2, -0.15) is 0 Å². The molecule has 1 aliphatic heterocycles. The summed E-state index contributed by atoms with van der Waals surface area (Å²) in [6.07, 6.45) is 0. The predicted molar refractivity (Wildman–Crippen MR) is 104 cm³/mol. The van der Waals surface area contributed by atoms with Gasteiger partial charge in [0, 0.05) is 12.3 Å². The second-order valence-corrected chi connectivity index (χ2v) is 7.19. The molecule has 0 bridgehead atoms. The molecule has 2 aromatic rings. The SMILES string of the molecule is Cc1ccc(C)c(OCC(=O)N2CCSC2=Nc2ccccc2C)c1. The van der Waals surface area contributed by atoms with Crippen LogP contribution >= 0.6 is 11.8 Å². The minimum Gasteiger partial charge on any atom is -0.483 e. The van der Waals surface area contributed by atoms with Crippen molar-refractivity contribution in [2.45, 2.75) is 20.8 Å². The molecule has 0 aromatic heterocycles. The van der Waals surface area contributed by atoms with Crippen LogP contribution in [-0.4, -0.2) is 34.9 Å². The second kappa shape index (κ2) is 7.74. The molecule has 0 N–H and O–H groups in total. The van der Waals surface area contributed by atoms with Crippen molar-refractivity contribution >= 4 is 28.5 Å². The van der Waals surface area contributed by atoms with Crippen LogP contribution in [-0.2, 0) is 4.79 Å². The molecule has 130 valence electrons. The standard InChI is InChI=1S/C20H22N2O2S/c1-14-8-9-16(3)18(12-14)24-13-19(23)22-10-11-25-20(22)21-17-7-5-4-6-15(17)2/h4-9,12H,10-11,13H2,1-3H3. The minimum absolute atomic E-state index is 0.0254. The van der Waals surface area contributed by atoms with Gasteiger partial charge in [-0.05, 0) is 49.6 Å². The van der Waals surface area contributed by atoms with Gasteiger partial charge in [0.1, 0.15) is 5.75 Å². The summed E-state index contributed by atoms with van der Waals surface area (Å²) in [4.78, 5) is 19.0. The first kappa shape index (κ1) is 17.5. The molecule has 0 saturated carbocycles. The molecule has 1 fully saturated rings. The molecule has 1 heterocycles. The Hall–Kier alpha value is -2.27. The smallest absolute Gasteiger partial charge is 0.266 e. The molecule has 0 radical (unpaired) electrons. The van der Waals surface area contributed by atoms with E-state index in [9.17, 15) is 4.79 Å². The van der Waals surface area contributed by atoms with E-state index >= 15 is 0 Å². The van der Waals surface area contributed by atoms with Crippen molar-refractivity contribution in [3.63, 3.8) is 0 Å². The largest absolute Gasteiger partial charge is 0.483 e. The number of amides is 1. The number of rotatable bonds is 4. The quantitative estimate of drug-likeness (QED) is 0.824. The van der Waals surface area contributed by atoms with Gasteiger partial charge < -0.3 is 4.74 Å². The van der Waals surface area contributed by atoms with Crippen molar-refractivity contribution in [3.8, 4) is 5.75 Å². The normalized spacial score (nSPS) is 15.6. The zero-order valence-electron chi connectivity index (χ0n) is 14.8. The minimum atomic E-state index is -0.0572. The highest BCUT2D eigenvalue weighted by atomic mass is 32.2. The van der Waals surface area contributed by atoms with Crippen molar-refractivity contribution < 1.29 is 9.53 Å². The lowest BCUT2D eigenvalue weighted by Crippen LogP contribution is -2.35. The zero-order valence-corrected chi connectivity index (χ0v) is 15.6. The molecule has 25 heavy (non-hydrogen) atoms. The molecule has 2 aromatic carbocycles. The Bertz CT molecular complexity index is 817. The van der Waals surface area contributed by atoms with Crippen molar-refractivity contribution in [1.82, 2.24) is 4.90 Å². The summed E-state index contributed by atoms with van der Waals surface area (Å²) >= 11 is 1.61. The van der Waals surface area contributed by atoms with E-state index in [2.05, 4.69) is 4.99 Å². The molecule has 3 rings (SSSR count). The van der Waals surface area contributed by atoms with Crippen LogP contribution in [0.15, 0.2) is 47.5 Å². The number of benzene rings is 2. The zero-order chi connectivity index (χ0) is 17.8. The predicted octanol–water partition coefficient (Wildman–Crippen LogP) is 4.25. The summed E-state index contributed by atoms with van der Waals surface area (Å²) < 4.78 is 5.76. The van der Waals surface area contributed by atoms with E-state index in [0.29, 0.717) is 6.54 Å². The lowest BCUT2D eigenvalue weighted by molar-refractivity contribution is -0.129. The summed E-state index contributed by atoms with van der Waals surface area (Å²) in [5, 5.41) is 0.754. The number of nitrogens with zero attached hydrogens (tertiary/aromatic N) is 2. The van der Waals surface area contributed by atoms with E-state index < -0.39 is 0 Å². The molecule has 4 nitrogen and oxygen atoms in total. The van der Waals surface area contributed by atoms with Crippen LogP contribution in [0, 0.1) is 20.8 Å². The second-order valence-electron chi connectivity index (χ2n) is 6.13. The maximum Gasteiger partial charge on any atom is 0.266 e. The van der Waals surface area contributed by atoms with E-state index in [-0.39, 0.29) is 12.5 Å². The first-order valence-corrected chi connectivity index (χ1v) is 9.30. The van der Waals surface area contributed by atoms with Gasteiger partial charge in [-0.1, -0.05) is 42.1 Å². The lowest BCUT2D eigenvalue weighted by Gasteiger charge is -2.17. The number of ether oxygens (including phenoxy) is 1. The average Bonchev–Trinajstić information content (AvgIpc) is 3.06. The number of carbonyl (C=O) groups is 1. The topological polar surface area (TPSA) is 41.9 Å². The van der Waals surface area contributed by atoms with Crippen molar-refractivity contribution in [2.24, 2.45) is 4.99 Å². The first-order chi connectivity index (χ1) is 12.0. The van der Waals surface area contributed by atoms with Crippen LogP contribution in [0.25, 0.3) is 0 Å². The van der Waals surface area contributed by atoms with Gasteiger partial charge in [0.2, 0.25) is 0 Å². The van der Waals surface area contributed by atoms with Gasteiger partial charge in [-0.25, -0.2) is 4.99 Å². The van der Waals surface area contributed by atoms with Crippen molar-refractivity contribution in [1.29, 1.82) is 0 Å². The first-order valence-electron chi connectivity index (χ1n) is 8.32. The molecular formula is C20H22N2O2S. The number of hydrogen-bond acceptors (Lipinski definition) is 4. The molecule has 0 atom stereocenters. The monoisotopic (exact) mass is 354 g/mol. The molecule has 0 spiro atoms. The Balaban J connectivity index is 1.71. The van der Waals surface area contributed by atoms with Crippen LogP contribution < -0.4 is 4.74 Å². The Morgan fingerprint density at radius 1 is 1.16 bits per heavy atom. The fourth-order valence-corrected chi connectivity index (χ4v) is 3.57. The summed E-state index contributed by atoms with van der Waals surface area (Å²) in [7, 11) is 0. The van der Waals surface area contributed by atoms with E-state index in [0.717, 1.165) is 39.0 Å². The highest BCUT2D eigenvalue weighted by Crippen LogP contribution is 2.25. The molecule has 0 unspecified atom stereocenters. The van der Waals surface area contributed by atoms with Crippen LogP contribution in [0.2, 0.25) is 0 Å². The van der Waals surface area contributed by atoms with Gasteiger partial charge in [0.25, 0.3) is 5.91 Å². The third kappa shape index (κ3) is 4.23. The van der Waals surface area contributed by atoms with Gasteiger partial charge in [-0.15, -0.1) is 0 Å². The van der Waals surface area contributed by atoms with E-state index in [1.165, 1.54) is 0 Å². The summed E-state index contributed by atoms with van der Waals surface area (Å²) in [6.45, 7) is 6.71. The third-order valence-corrected chi connectivity index (χ3v) is 5.06. The number of carbonyl (C=O) groups excluding carboxylic acids is 1. The highest BCUT2D eigenvalue weighted by molar-refractivity contribution is 8.14. The molecule has 5 heteroatoms. The summed E-state index contributed by atoms with van der Waals surface area (Å²) in [5.74, 6) is 1.57. The Morgan fingerprint density at radius 2 is 1.96 bits per heavy atom. The summed E-state index contributed by atoms with van der Waals surface area (Å²) in [6, 6.07) is 13.9. The Kier molecular flexibility index (Phi) is 5.43. The third-order valence-electron chi connectivity index (χ3n) is 4.10. The van der Waals surface area contributed by atoms with Crippen molar-refractivity contribution in [3.05, 3.63) is 59.2 Å². The number of aliphatic imine (C=N–C) groups is 1. The van der Waals surface area contributed by atoms with E-state index in [4.69, 9.17) is 4.74 Å². The van der Waals surface area contributed by atoms with Gasteiger partial charge in [0.05, 0.1) is 5.69 Å². The maximum atomic E-state index is 12.6. The Labute approximate surface area is 152 Å². The maximum absolute atomic E-state index is 12.6. The van der Waals surface area contributed by atoms with E-state index in [1.54, 1.807) is 16.7 Å². The van der Waals surface area contributed by atoms with Crippen LogP contribution in [0.4, 0.5) is 5.69 Å². The van der Waals surface area contributed by atoms with Gasteiger partial charge in [-0.3, -0.25) is 9.69 Å². The number of para-hydroxylation sites is 1. The average molecular weight is 354 g/mol. The van der Waals surface area contributed by atoms with Gasteiger partial charge in [0.15, 0.2) is 11.8 Å². The number of amidine groups is 1. The van der Waals surface area contributed by atoms with Crippen LogP contribution in [0.3, 0.4) is 0 Å². The molecule has 1 saturated heterocycles. The fourth-order valence-electron chi connectivity index (χ4n) is 2.60. The fraction of sp³-hybridized carbons (Fsp3) is 0.300. The highest BCUT2D eigenvalue weighted by Gasteiger charge is 2.26. The lowest BCUT2D eigenvalue weighted by atomic mass is 10.1. The Morgan fingerprint density at radius 3 is 2.76 bits per heavy atom. The molecule has 1 amide bonds. The number of thioether (sulfide) groups is 1. The molecule has 1 aliphatic rings.